The van der Waals surface area contributed by atoms with Crippen LogP contribution in [-0.2, 0) is 10.9 Å². The maximum atomic E-state index is 12.4. The number of alkyl halides is 3. The number of hydrogen-bond donors (Lipinski definition) is 2. The molecule has 0 spiro atoms. The molecule has 130 valence electrons. The topological polar surface area (TPSA) is 67.8 Å². The SMILES string of the molecule is CC(C)(C)OC(=O)NCC(O)COc1ccc(C(F)(F)F)cc1. The molecule has 0 bridgehead atoms. The molecule has 1 aromatic rings. The normalized spacial score (nSPS) is 13.3. The van der Waals surface area contributed by atoms with Crippen LogP contribution in [0.25, 0.3) is 0 Å². The van der Waals surface area contributed by atoms with Gasteiger partial charge in [0, 0.05) is 0 Å². The van der Waals surface area contributed by atoms with Crippen molar-refractivity contribution in [1.82, 2.24) is 5.32 Å². The molecular formula is C15H20F3NO4. The molecule has 1 amide bonds. The lowest BCUT2D eigenvalue weighted by Gasteiger charge is -2.20. The number of aliphatic hydroxyl groups is 1. The predicted octanol–water partition coefficient (Wildman–Crippen LogP) is 2.97. The van der Waals surface area contributed by atoms with E-state index in [0.717, 1.165) is 24.3 Å². The third-order valence-corrected chi connectivity index (χ3v) is 2.50. The third-order valence-electron chi connectivity index (χ3n) is 2.50. The Morgan fingerprint density at radius 3 is 2.26 bits per heavy atom. The first-order chi connectivity index (χ1) is 10.5. The molecule has 8 heteroatoms. The third kappa shape index (κ3) is 7.73. The van der Waals surface area contributed by atoms with Gasteiger partial charge in [0.1, 0.15) is 24.1 Å². The number of alkyl carbamates (subject to hydrolysis) is 1. The number of hydrogen-bond acceptors (Lipinski definition) is 4. The molecule has 1 aromatic carbocycles. The van der Waals surface area contributed by atoms with E-state index in [9.17, 15) is 23.1 Å². The second-order valence-electron chi connectivity index (χ2n) is 5.87. The molecule has 0 radical (unpaired) electrons. The van der Waals surface area contributed by atoms with Crippen LogP contribution in [0.3, 0.4) is 0 Å². The number of halogens is 3. The molecule has 23 heavy (non-hydrogen) atoms. The van der Waals surface area contributed by atoms with E-state index >= 15 is 0 Å². The van der Waals surface area contributed by atoms with Crippen LogP contribution < -0.4 is 10.1 Å². The molecule has 0 saturated heterocycles. The number of rotatable bonds is 5. The van der Waals surface area contributed by atoms with E-state index in [2.05, 4.69) is 5.32 Å². The Labute approximate surface area is 132 Å². The average Bonchev–Trinajstić information content (AvgIpc) is 2.40. The van der Waals surface area contributed by atoms with Gasteiger partial charge in [0.25, 0.3) is 0 Å². The van der Waals surface area contributed by atoms with Gasteiger partial charge in [-0.25, -0.2) is 4.79 Å². The molecule has 0 heterocycles. The van der Waals surface area contributed by atoms with Gasteiger partial charge >= 0.3 is 12.3 Å². The fraction of sp³-hybridized carbons (Fsp3) is 0.533. The number of carbonyl (C=O) groups is 1. The van der Waals surface area contributed by atoms with Crippen LogP contribution in [0.1, 0.15) is 26.3 Å². The lowest BCUT2D eigenvalue weighted by Crippen LogP contribution is -2.38. The van der Waals surface area contributed by atoms with Gasteiger partial charge in [-0.05, 0) is 45.0 Å². The van der Waals surface area contributed by atoms with Gasteiger partial charge in [0.05, 0.1) is 12.1 Å². The summed E-state index contributed by atoms with van der Waals surface area (Å²) in [4.78, 5) is 11.4. The highest BCUT2D eigenvalue weighted by Crippen LogP contribution is 2.30. The van der Waals surface area contributed by atoms with E-state index in [1.807, 2.05) is 0 Å². The molecule has 1 atom stereocenters. The van der Waals surface area contributed by atoms with Crippen molar-refractivity contribution >= 4 is 6.09 Å². The largest absolute Gasteiger partial charge is 0.491 e. The summed E-state index contributed by atoms with van der Waals surface area (Å²) in [6.07, 6.45) is -6.11. The number of carbonyl (C=O) groups excluding carboxylic acids is 1. The minimum atomic E-state index is -4.41. The van der Waals surface area contributed by atoms with Crippen molar-refractivity contribution in [1.29, 1.82) is 0 Å². The lowest BCUT2D eigenvalue weighted by atomic mass is 10.2. The second kappa shape index (κ2) is 7.54. The Morgan fingerprint density at radius 2 is 1.78 bits per heavy atom. The summed E-state index contributed by atoms with van der Waals surface area (Å²) in [6, 6.07) is 4.11. The summed E-state index contributed by atoms with van der Waals surface area (Å²) in [6.45, 7) is 4.83. The number of amides is 1. The maximum Gasteiger partial charge on any atom is 0.416 e. The first kappa shape index (κ1) is 19.1. The smallest absolute Gasteiger partial charge is 0.416 e. The van der Waals surface area contributed by atoms with Gasteiger partial charge in [-0.15, -0.1) is 0 Å². The average molecular weight is 335 g/mol. The quantitative estimate of drug-likeness (QED) is 0.868. The molecular weight excluding hydrogens is 315 g/mol. The number of ether oxygens (including phenoxy) is 2. The fourth-order valence-corrected chi connectivity index (χ4v) is 1.51. The summed E-state index contributed by atoms with van der Waals surface area (Å²) in [7, 11) is 0. The molecule has 0 fully saturated rings. The molecule has 0 aliphatic heterocycles. The summed E-state index contributed by atoms with van der Waals surface area (Å²) < 4.78 is 47.3. The van der Waals surface area contributed by atoms with Crippen LogP contribution in [0.5, 0.6) is 5.75 Å². The zero-order valence-corrected chi connectivity index (χ0v) is 13.1. The van der Waals surface area contributed by atoms with Crippen LogP contribution in [0, 0.1) is 0 Å². The first-order valence-electron chi connectivity index (χ1n) is 6.92. The first-order valence-corrected chi connectivity index (χ1v) is 6.92. The summed E-state index contributed by atoms with van der Waals surface area (Å²) >= 11 is 0. The molecule has 2 N–H and O–H groups in total. The predicted molar refractivity (Wildman–Crippen MR) is 77.2 cm³/mol. The van der Waals surface area contributed by atoms with E-state index in [1.165, 1.54) is 0 Å². The molecule has 1 rings (SSSR count). The minimum absolute atomic E-state index is 0.102. The van der Waals surface area contributed by atoms with E-state index in [0.29, 0.717) is 0 Å². The van der Waals surface area contributed by atoms with Crippen molar-refractivity contribution in [3.05, 3.63) is 29.8 Å². The van der Waals surface area contributed by atoms with Crippen molar-refractivity contribution in [2.24, 2.45) is 0 Å². The van der Waals surface area contributed by atoms with Gasteiger partial charge in [-0.1, -0.05) is 0 Å². The Bertz CT molecular complexity index is 509. The Hall–Kier alpha value is -1.96. The van der Waals surface area contributed by atoms with Gasteiger partial charge in [-0.3, -0.25) is 0 Å². The van der Waals surface area contributed by atoms with Gasteiger partial charge < -0.3 is 19.9 Å². The van der Waals surface area contributed by atoms with Gasteiger partial charge in [-0.2, -0.15) is 13.2 Å². The van der Waals surface area contributed by atoms with Crippen molar-refractivity contribution in [2.45, 2.75) is 38.7 Å². The highest BCUT2D eigenvalue weighted by Gasteiger charge is 2.30. The number of benzene rings is 1. The zero-order valence-electron chi connectivity index (χ0n) is 13.1. The minimum Gasteiger partial charge on any atom is -0.491 e. The summed E-state index contributed by atoms with van der Waals surface area (Å²) in [5.41, 5.74) is -1.43. The summed E-state index contributed by atoms with van der Waals surface area (Å²) in [5, 5.41) is 12.0. The molecule has 0 aliphatic carbocycles. The zero-order chi connectivity index (χ0) is 17.7. The van der Waals surface area contributed by atoms with Crippen LogP contribution in [0.2, 0.25) is 0 Å². The highest BCUT2D eigenvalue weighted by molar-refractivity contribution is 5.67. The van der Waals surface area contributed by atoms with Crippen molar-refractivity contribution < 1.29 is 32.5 Å². The van der Waals surface area contributed by atoms with Crippen LogP contribution in [0.4, 0.5) is 18.0 Å². The second-order valence-corrected chi connectivity index (χ2v) is 5.87. The van der Waals surface area contributed by atoms with Crippen LogP contribution in [-0.4, -0.2) is 36.1 Å². The molecule has 0 saturated carbocycles. The molecule has 0 aromatic heterocycles. The number of aliphatic hydroxyl groups excluding tert-OH is 1. The molecule has 5 nitrogen and oxygen atoms in total. The Balaban J connectivity index is 2.36. The van der Waals surface area contributed by atoms with Crippen molar-refractivity contribution in [2.75, 3.05) is 13.2 Å². The van der Waals surface area contributed by atoms with E-state index in [4.69, 9.17) is 9.47 Å². The highest BCUT2D eigenvalue weighted by atomic mass is 19.4. The van der Waals surface area contributed by atoms with Crippen LogP contribution in [0.15, 0.2) is 24.3 Å². The molecule has 1 unspecified atom stereocenters. The Kier molecular flexibility index (Phi) is 6.26. The maximum absolute atomic E-state index is 12.4. The Morgan fingerprint density at radius 1 is 1.22 bits per heavy atom. The lowest BCUT2D eigenvalue weighted by molar-refractivity contribution is -0.137. The fourth-order valence-electron chi connectivity index (χ4n) is 1.51. The van der Waals surface area contributed by atoms with Crippen molar-refractivity contribution in [3.8, 4) is 5.75 Å². The standard InChI is InChI=1S/C15H20F3NO4/c1-14(2,3)23-13(21)19-8-11(20)9-22-12-6-4-10(5-7-12)15(16,17)18/h4-7,11,20H,8-9H2,1-3H3,(H,19,21). The van der Waals surface area contributed by atoms with Crippen molar-refractivity contribution in [3.63, 3.8) is 0 Å². The molecule has 0 aliphatic rings. The summed E-state index contributed by atoms with van der Waals surface area (Å²) in [5.74, 6) is 0.189. The van der Waals surface area contributed by atoms with E-state index in [-0.39, 0.29) is 18.9 Å². The van der Waals surface area contributed by atoms with E-state index < -0.39 is 29.5 Å². The monoisotopic (exact) mass is 335 g/mol. The van der Waals surface area contributed by atoms with Gasteiger partial charge in [0.2, 0.25) is 0 Å². The van der Waals surface area contributed by atoms with E-state index in [1.54, 1.807) is 20.8 Å². The number of nitrogens with one attached hydrogen (secondary N) is 1. The van der Waals surface area contributed by atoms with Crippen LogP contribution >= 0.6 is 0 Å². The van der Waals surface area contributed by atoms with Gasteiger partial charge in [0.15, 0.2) is 0 Å².